The molecule has 0 radical (unpaired) electrons. The predicted octanol–water partition coefficient (Wildman–Crippen LogP) is 1.10. The Morgan fingerprint density at radius 2 is 2.33 bits per heavy atom. The largest absolute Gasteiger partial charge is 0.330 e. The molecule has 1 heterocycles. The minimum absolute atomic E-state index is 0.0863. The van der Waals surface area contributed by atoms with Crippen molar-refractivity contribution in [3.05, 3.63) is 30.0 Å². The summed E-state index contributed by atoms with van der Waals surface area (Å²) < 4.78 is 1.78. The van der Waals surface area contributed by atoms with E-state index in [9.17, 15) is 4.79 Å². The van der Waals surface area contributed by atoms with Crippen molar-refractivity contribution in [3.8, 4) is 0 Å². The number of carbonyl (C=O) groups excluding carboxylic acids is 1. The van der Waals surface area contributed by atoms with Gasteiger partial charge in [0.1, 0.15) is 0 Å². The van der Waals surface area contributed by atoms with Crippen LogP contribution in [0.3, 0.4) is 0 Å². The van der Waals surface area contributed by atoms with Crippen molar-refractivity contribution in [3.63, 3.8) is 0 Å². The lowest BCUT2D eigenvalue weighted by Gasteiger charge is -1.99. The van der Waals surface area contributed by atoms with E-state index in [1.165, 1.54) is 0 Å². The molecule has 0 amide bonds. The number of rotatable bonds is 3. The molecule has 2 aromatic rings. The van der Waals surface area contributed by atoms with E-state index in [1.54, 1.807) is 10.9 Å². The summed E-state index contributed by atoms with van der Waals surface area (Å²) in [6.45, 7) is 0.393. The molecule has 4 heteroatoms. The third kappa shape index (κ3) is 1.76. The van der Waals surface area contributed by atoms with Crippen LogP contribution in [-0.4, -0.2) is 22.1 Å². The summed E-state index contributed by atoms with van der Waals surface area (Å²) in [6, 6.07) is 5.59. The number of nitrogens with zero attached hydrogens (tertiary/aromatic N) is 2. The van der Waals surface area contributed by atoms with Crippen molar-refractivity contribution in [2.45, 2.75) is 6.42 Å². The van der Waals surface area contributed by atoms with Crippen molar-refractivity contribution in [1.29, 1.82) is 0 Å². The van der Waals surface area contributed by atoms with Gasteiger partial charge in [-0.25, -0.2) is 0 Å². The van der Waals surface area contributed by atoms with Gasteiger partial charge in [-0.1, -0.05) is 0 Å². The second-order valence-electron chi connectivity index (χ2n) is 3.50. The number of hydrogen-bond acceptors (Lipinski definition) is 3. The van der Waals surface area contributed by atoms with E-state index < -0.39 is 0 Å². The van der Waals surface area contributed by atoms with Crippen molar-refractivity contribution < 1.29 is 4.79 Å². The highest BCUT2D eigenvalue weighted by atomic mass is 16.1. The summed E-state index contributed by atoms with van der Waals surface area (Å²) in [5.74, 6) is 0.0863. The number of hydrogen-bond donors (Lipinski definition) is 1. The molecule has 0 atom stereocenters. The Bertz CT molecular complexity index is 502. The molecule has 0 unspecified atom stereocenters. The summed E-state index contributed by atoms with van der Waals surface area (Å²) in [6.07, 6.45) is 2.15. The summed E-state index contributed by atoms with van der Waals surface area (Å²) in [4.78, 5) is 11.6. The van der Waals surface area contributed by atoms with Gasteiger partial charge in [-0.2, -0.15) is 5.10 Å². The number of fused-ring (bicyclic) bond motifs is 1. The highest BCUT2D eigenvalue weighted by Crippen LogP contribution is 2.15. The molecule has 1 aromatic carbocycles. The Morgan fingerprint density at radius 1 is 1.53 bits per heavy atom. The van der Waals surface area contributed by atoms with Gasteiger partial charge < -0.3 is 5.73 Å². The predicted molar refractivity (Wildman–Crippen MR) is 58.7 cm³/mol. The number of ketones is 1. The van der Waals surface area contributed by atoms with Gasteiger partial charge in [0.25, 0.3) is 0 Å². The van der Waals surface area contributed by atoms with Gasteiger partial charge >= 0.3 is 0 Å². The Hall–Kier alpha value is -1.68. The first-order chi connectivity index (χ1) is 7.22. The fraction of sp³-hybridized carbons (Fsp3) is 0.273. The third-order valence-corrected chi connectivity index (χ3v) is 2.44. The second-order valence-corrected chi connectivity index (χ2v) is 3.50. The van der Waals surface area contributed by atoms with Crippen LogP contribution in [0.1, 0.15) is 16.8 Å². The Morgan fingerprint density at radius 3 is 3.07 bits per heavy atom. The zero-order chi connectivity index (χ0) is 10.8. The average molecular weight is 203 g/mol. The standard InChI is InChI=1S/C11H13N3O/c1-14-10-3-2-8(11(15)4-5-12)6-9(10)7-13-14/h2-3,6-7H,4-5,12H2,1H3. The number of aryl methyl sites for hydroxylation is 1. The van der Waals surface area contributed by atoms with Crippen LogP contribution in [0.25, 0.3) is 10.9 Å². The lowest BCUT2D eigenvalue weighted by Crippen LogP contribution is -2.07. The fourth-order valence-electron chi connectivity index (χ4n) is 1.61. The van der Waals surface area contributed by atoms with Crippen LogP contribution in [0.4, 0.5) is 0 Å². The van der Waals surface area contributed by atoms with Gasteiger partial charge in [0.05, 0.1) is 11.7 Å². The minimum atomic E-state index is 0.0863. The van der Waals surface area contributed by atoms with Crippen molar-refractivity contribution in [2.75, 3.05) is 6.54 Å². The van der Waals surface area contributed by atoms with Crippen LogP contribution in [0, 0.1) is 0 Å². The van der Waals surface area contributed by atoms with Crippen molar-refractivity contribution >= 4 is 16.7 Å². The van der Waals surface area contributed by atoms with E-state index in [1.807, 2.05) is 25.2 Å². The van der Waals surface area contributed by atoms with Crippen molar-refractivity contribution in [2.24, 2.45) is 12.8 Å². The van der Waals surface area contributed by atoms with Crippen LogP contribution in [0.5, 0.6) is 0 Å². The topological polar surface area (TPSA) is 60.9 Å². The molecule has 0 aliphatic carbocycles. The first-order valence-corrected chi connectivity index (χ1v) is 4.87. The molecule has 4 nitrogen and oxygen atoms in total. The molecule has 0 fully saturated rings. The number of nitrogens with two attached hydrogens (primary N) is 1. The SMILES string of the molecule is Cn1ncc2cc(C(=O)CCN)ccc21. The van der Waals surface area contributed by atoms with Crippen LogP contribution < -0.4 is 5.73 Å². The Kier molecular flexibility index (Phi) is 2.51. The van der Waals surface area contributed by atoms with Crippen LogP contribution in [-0.2, 0) is 7.05 Å². The molecular weight excluding hydrogens is 190 g/mol. The van der Waals surface area contributed by atoms with E-state index in [-0.39, 0.29) is 5.78 Å². The number of aromatic nitrogens is 2. The maximum absolute atomic E-state index is 11.6. The lowest BCUT2D eigenvalue weighted by atomic mass is 10.1. The molecule has 15 heavy (non-hydrogen) atoms. The third-order valence-electron chi connectivity index (χ3n) is 2.44. The first-order valence-electron chi connectivity index (χ1n) is 4.87. The molecule has 0 spiro atoms. The normalized spacial score (nSPS) is 10.8. The van der Waals surface area contributed by atoms with Crippen LogP contribution in [0.15, 0.2) is 24.4 Å². The molecule has 2 rings (SSSR count). The maximum atomic E-state index is 11.6. The van der Waals surface area contributed by atoms with Crippen molar-refractivity contribution in [1.82, 2.24) is 9.78 Å². The molecule has 0 bridgehead atoms. The smallest absolute Gasteiger partial charge is 0.164 e. The van der Waals surface area contributed by atoms with Gasteiger partial charge in [-0.15, -0.1) is 0 Å². The molecule has 2 N–H and O–H groups in total. The van der Waals surface area contributed by atoms with Gasteiger partial charge in [-0.3, -0.25) is 9.48 Å². The van der Waals surface area contributed by atoms with E-state index >= 15 is 0 Å². The summed E-state index contributed by atoms with van der Waals surface area (Å²) in [7, 11) is 1.88. The highest BCUT2D eigenvalue weighted by Gasteiger charge is 2.06. The fourth-order valence-corrected chi connectivity index (χ4v) is 1.61. The Labute approximate surface area is 87.7 Å². The molecule has 0 aliphatic heterocycles. The maximum Gasteiger partial charge on any atom is 0.164 e. The molecular formula is C11H13N3O. The van der Waals surface area contributed by atoms with E-state index in [0.717, 1.165) is 10.9 Å². The van der Waals surface area contributed by atoms with E-state index in [4.69, 9.17) is 5.73 Å². The van der Waals surface area contributed by atoms with E-state index in [2.05, 4.69) is 5.10 Å². The number of Topliss-reactive ketones (excluding diaryl/α,β-unsaturated/α-hetero) is 1. The molecule has 1 aromatic heterocycles. The zero-order valence-electron chi connectivity index (χ0n) is 8.60. The molecule has 0 saturated carbocycles. The average Bonchev–Trinajstić information content (AvgIpc) is 2.60. The molecule has 0 aliphatic rings. The summed E-state index contributed by atoms with van der Waals surface area (Å²) in [5.41, 5.74) is 7.08. The number of benzene rings is 1. The lowest BCUT2D eigenvalue weighted by molar-refractivity contribution is 0.0985. The quantitative estimate of drug-likeness (QED) is 0.760. The Balaban J connectivity index is 2.43. The summed E-state index contributed by atoms with van der Waals surface area (Å²) >= 11 is 0. The first kappa shape index (κ1) is 9.86. The number of carbonyl (C=O) groups is 1. The summed E-state index contributed by atoms with van der Waals surface area (Å²) in [5, 5.41) is 5.11. The van der Waals surface area contributed by atoms with Gasteiger partial charge in [0.15, 0.2) is 5.78 Å². The zero-order valence-corrected chi connectivity index (χ0v) is 8.60. The highest BCUT2D eigenvalue weighted by molar-refractivity contribution is 5.99. The molecule has 0 saturated heterocycles. The van der Waals surface area contributed by atoms with Crippen LogP contribution >= 0.6 is 0 Å². The van der Waals surface area contributed by atoms with E-state index in [0.29, 0.717) is 18.5 Å². The van der Waals surface area contributed by atoms with Crippen LogP contribution in [0.2, 0.25) is 0 Å². The monoisotopic (exact) mass is 203 g/mol. The van der Waals surface area contributed by atoms with Gasteiger partial charge in [0.2, 0.25) is 0 Å². The second kappa shape index (κ2) is 3.82. The van der Waals surface area contributed by atoms with Gasteiger partial charge in [-0.05, 0) is 24.7 Å². The molecule has 78 valence electrons. The van der Waals surface area contributed by atoms with Gasteiger partial charge in [0, 0.05) is 24.4 Å². The minimum Gasteiger partial charge on any atom is -0.330 e.